The van der Waals surface area contributed by atoms with Gasteiger partial charge in [0.25, 0.3) is 11.8 Å². The zero-order chi connectivity index (χ0) is 18.5. The smallest absolute Gasteiger partial charge is 0.310 e. The normalized spacial score (nSPS) is 15.0. The number of para-hydroxylation sites is 4. The zero-order valence-corrected chi connectivity index (χ0v) is 13.4. The first kappa shape index (κ1) is 17.2. The molecular formula is C17H14N2O7. The zero-order valence-electron chi connectivity index (χ0n) is 13.4. The molecule has 0 unspecified atom stereocenters. The third kappa shape index (κ3) is 3.89. The van der Waals surface area contributed by atoms with E-state index in [-0.39, 0.29) is 18.0 Å². The number of fused-ring (bicyclic) bond motifs is 1. The molecule has 2 aromatic rings. The molecule has 0 radical (unpaired) electrons. The van der Waals surface area contributed by atoms with E-state index < -0.39 is 29.4 Å². The van der Waals surface area contributed by atoms with E-state index in [1.165, 1.54) is 24.3 Å². The van der Waals surface area contributed by atoms with Gasteiger partial charge in [-0.05, 0) is 18.2 Å². The summed E-state index contributed by atoms with van der Waals surface area (Å²) in [7, 11) is 0. The van der Waals surface area contributed by atoms with Gasteiger partial charge < -0.3 is 14.2 Å². The predicted octanol–water partition coefficient (Wildman–Crippen LogP) is 1.46. The Balaban J connectivity index is 1.54. The maximum Gasteiger partial charge on any atom is 0.310 e. The van der Waals surface area contributed by atoms with Crippen LogP contribution in [-0.4, -0.2) is 36.1 Å². The number of carbonyl (C=O) groups is 2. The van der Waals surface area contributed by atoms with Gasteiger partial charge in [0.2, 0.25) is 6.10 Å². The van der Waals surface area contributed by atoms with Gasteiger partial charge in [0.15, 0.2) is 23.9 Å². The van der Waals surface area contributed by atoms with Crippen LogP contribution in [0.3, 0.4) is 0 Å². The molecule has 0 saturated carbocycles. The molecule has 0 spiro atoms. The first-order valence-electron chi connectivity index (χ1n) is 7.63. The number of amides is 2. The van der Waals surface area contributed by atoms with Crippen molar-refractivity contribution in [3.05, 3.63) is 58.6 Å². The molecule has 0 aromatic heterocycles. The number of nitrogens with one attached hydrogen (secondary N) is 1. The largest absolute Gasteiger partial charge is 0.485 e. The molecule has 1 aliphatic rings. The lowest BCUT2D eigenvalue weighted by molar-refractivity contribution is -0.385. The Morgan fingerprint density at radius 1 is 1.15 bits per heavy atom. The fraction of sp³-hybridized carbons (Fsp3) is 0.176. The van der Waals surface area contributed by atoms with Crippen LogP contribution in [0.4, 0.5) is 5.69 Å². The van der Waals surface area contributed by atoms with E-state index in [2.05, 4.69) is 5.32 Å². The van der Waals surface area contributed by atoms with E-state index in [1.807, 2.05) is 0 Å². The van der Waals surface area contributed by atoms with Gasteiger partial charge in [0.1, 0.15) is 6.61 Å². The number of benzene rings is 2. The van der Waals surface area contributed by atoms with E-state index in [1.54, 1.807) is 24.3 Å². The van der Waals surface area contributed by atoms with Crippen molar-refractivity contribution in [2.45, 2.75) is 6.10 Å². The van der Waals surface area contributed by atoms with Crippen molar-refractivity contribution in [2.24, 2.45) is 0 Å². The van der Waals surface area contributed by atoms with Gasteiger partial charge >= 0.3 is 5.69 Å². The molecule has 0 bridgehead atoms. The second kappa shape index (κ2) is 7.51. The Labute approximate surface area is 147 Å². The van der Waals surface area contributed by atoms with Gasteiger partial charge in [-0.1, -0.05) is 24.3 Å². The van der Waals surface area contributed by atoms with Crippen LogP contribution in [0.1, 0.15) is 0 Å². The third-order valence-corrected chi connectivity index (χ3v) is 3.48. The molecule has 26 heavy (non-hydrogen) atoms. The lowest BCUT2D eigenvalue weighted by Crippen LogP contribution is -2.47. The lowest BCUT2D eigenvalue weighted by atomic mass is 10.2. The molecule has 1 aliphatic heterocycles. The highest BCUT2D eigenvalue weighted by Gasteiger charge is 2.28. The second-order valence-corrected chi connectivity index (χ2v) is 5.29. The highest BCUT2D eigenvalue weighted by molar-refractivity contribution is 5.98. The van der Waals surface area contributed by atoms with Crippen molar-refractivity contribution in [3.8, 4) is 17.2 Å². The predicted molar refractivity (Wildman–Crippen MR) is 88.1 cm³/mol. The van der Waals surface area contributed by atoms with E-state index in [4.69, 9.17) is 14.2 Å². The fourth-order valence-electron chi connectivity index (χ4n) is 2.28. The van der Waals surface area contributed by atoms with Gasteiger partial charge in [-0.3, -0.25) is 25.0 Å². The molecule has 134 valence electrons. The third-order valence-electron chi connectivity index (χ3n) is 3.48. The number of nitro groups is 1. The molecule has 1 atom stereocenters. The van der Waals surface area contributed by atoms with Gasteiger partial charge in [-0.15, -0.1) is 0 Å². The van der Waals surface area contributed by atoms with Crippen molar-refractivity contribution in [1.29, 1.82) is 0 Å². The van der Waals surface area contributed by atoms with Crippen molar-refractivity contribution in [2.75, 3.05) is 13.2 Å². The van der Waals surface area contributed by atoms with Crippen LogP contribution in [-0.2, 0) is 9.59 Å². The summed E-state index contributed by atoms with van der Waals surface area (Å²) in [5.74, 6) is -0.581. The summed E-state index contributed by atoms with van der Waals surface area (Å²) in [6.45, 7) is -0.595. The molecular weight excluding hydrogens is 344 g/mol. The van der Waals surface area contributed by atoms with Crippen LogP contribution < -0.4 is 19.5 Å². The first-order valence-corrected chi connectivity index (χ1v) is 7.63. The van der Waals surface area contributed by atoms with Crippen molar-refractivity contribution < 1.29 is 28.7 Å². The van der Waals surface area contributed by atoms with E-state index in [9.17, 15) is 19.7 Å². The van der Waals surface area contributed by atoms with Gasteiger partial charge in [0.05, 0.1) is 4.92 Å². The lowest BCUT2D eigenvalue weighted by Gasteiger charge is -2.25. The standard InChI is InChI=1S/C17H14N2O7/c20-16(10-25-12-6-2-1-5-11(12)19(22)23)18-17(21)15-9-24-13-7-3-4-8-14(13)26-15/h1-8,15H,9-10H2,(H,18,20,21)/t15-/m0/s1. The molecule has 0 fully saturated rings. The van der Waals surface area contributed by atoms with E-state index in [0.717, 1.165) is 0 Å². The van der Waals surface area contributed by atoms with Crippen molar-refractivity contribution in [1.82, 2.24) is 5.32 Å². The SMILES string of the molecule is O=C(COc1ccccc1[N+](=O)[O-])NC(=O)[C@@H]1COc2ccccc2O1. The van der Waals surface area contributed by atoms with Gasteiger partial charge in [-0.25, -0.2) is 0 Å². The van der Waals surface area contributed by atoms with Crippen molar-refractivity contribution >= 4 is 17.5 Å². The number of ether oxygens (including phenoxy) is 3. The van der Waals surface area contributed by atoms with Crippen LogP contribution >= 0.6 is 0 Å². The van der Waals surface area contributed by atoms with Crippen LogP contribution in [0.15, 0.2) is 48.5 Å². The monoisotopic (exact) mass is 358 g/mol. The van der Waals surface area contributed by atoms with Crippen LogP contribution in [0, 0.1) is 10.1 Å². The quantitative estimate of drug-likeness (QED) is 0.635. The maximum absolute atomic E-state index is 12.1. The average molecular weight is 358 g/mol. The number of nitrogens with zero attached hydrogens (tertiary/aromatic N) is 1. The van der Waals surface area contributed by atoms with E-state index >= 15 is 0 Å². The Morgan fingerprint density at radius 3 is 2.62 bits per heavy atom. The first-order chi connectivity index (χ1) is 12.5. The number of carbonyl (C=O) groups excluding carboxylic acids is 2. The number of hydrogen-bond donors (Lipinski definition) is 1. The Hall–Kier alpha value is -3.62. The summed E-state index contributed by atoms with van der Waals surface area (Å²) < 4.78 is 16.0. The number of imide groups is 1. The summed E-state index contributed by atoms with van der Waals surface area (Å²) in [6.07, 6.45) is -0.986. The summed E-state index contributed by atoms with van der Waals surface area (Å²) in [6, 6.07) is 12.5. The van der Waals surface area contributed by atoms with E-state index in [0.29, 0.717) is 11.5 Å². The molecule has 9 nitrogen and oxygen atoms in total. The minimum atomic E-state index is -0.986. The Morgan fingerprint density at radius 2 is 1.85 bits per heavy atom. The van der Waals surface area contributed by atoms with Crippen LogP contribution in [0.2, 0.25) is 0 Å². The summed E-state index contributed by atoms with van der Waals surface area (Å²) in [4.78, 5) is 34.2. The van der Waals surface area contributed by atoms with Crippen LogP contribution in [0.5, 0.6) is 17.2 Å². The molecule has 3 rings (SSSR count). The molecule has 0 aliphatic carbocycles. The fourth-order valence-corrected chi connectivity index (χ4v) is 2.28. The molecule has 2 amide bonds. The van der Waals surface area contributed by atoms with Crippen molar-refractivity contribution in [3.63, 3.8) is 0 Å². The van der Waals surface area contributed by atoms with Gasteiger partial charge in [-0.2, -0.15) is 0 Å². The number of hydrogen-bond acceptors (Lipinski definition) is 7. The maximum atomic E-state index is 12.1. The highest BCUT2D eigenvalue weighted by atomic mass is 16.6. The Kier molecular flexibility index (Phi) is 4.97. The summed E-state index contributed by atoms with van der Waals surface area (Å²) in [5.41, 5.74) is -0.271. The second-order valence-electron chi connectivity index (χ2n) is 5.29. The van der Waals surface area contributed by atoms with Crippen LogP contribution in [0.25, 0.3) is 0 Å². The summed E-state index contributed by atoms with van der Waals surface area (Å²) >= 11 is 0. The minimum absolute atomic E-state index is 0.0405. The number of nitro benzene ring substituents is 1. The average Bonchev–Trinajstić information content (AvgIpc) is 2.66. The molecule has 9 heteroatoms. The molecule has 2 aromatic carbocycles. The highest BCUT2D eigenvalue weighted by Crippen LogP contribution is 2.30. The minimum Gasteiger partial charge on any atom is -0.485 e. The molecule has 1 N–H and O–H groups in total. The summed E-state index contributed by atoms with van der Waals surface area (Å²) in [5, 5.41) is 13.0. The topological polar surface area (TPSA) is 117 Å². The number of rotatable bonds is 5. The molecule has 1 heterocycles. The molecule has 0 saturated heterocycles. The van der Waals surface area contributed by atoms with Gasteiger partial charge in [0, 0.05) is 6.07 Å². The Bertz CT molecular complexity index is 853.